The molecule has 3 atom stereocenters. The Morgan fingerprint density at radius 1 is 1.35 bits per heavy atom. The lowest BCUT2D eigenvalue weighted by molar-refractivity contribution is -0.136. The Morgan fingerprint density at radius 2 is 2.13 bits per heavy atom. The SMILES string of the molecule is CC[C@]1(O)CCC[C@H]2CN(C(=O)COCc3ccccc3)C[C@H]21. The van der Waals surface area contributed by atoms with Crippen LogP contribution < -0.4 is 0 Å². The molecule has 1 saturated heterocycles. The van der Waals surface area contributed by atoms with Crippen LogP contribution in [0.2, 0.25) is 0 Å². The lowest BCUT2D eigenvalue weighted by atomic mass is 9.69. The van der Waals surface area contributed by atoms with E-state index >= 15 is 0 Å². The van der Waals surface area contributed by atoms with E-state index in [0.29, 0.717) is 19.1 Å². The van der Waals surface area contributed by atoms with Crippen molar-refractivity contribution in [1.29, 1.82) is 0 Å². The number of amides is 1. The van der Waals surface area contributed by atoms with Crippen LogP contribution in [-0.4, -0.2) is 41.2 Å². The lowest BCUT2D eigenvalue weighted by Gasteiger charge is -2.40. The molecule has 1 aliphatic heterocycles. The number of benzene rings is 1. The Hall–Kier alpha value is -1.39. The number of likely N-dealkylation sites (tertiary alicyclic amines) is 1. The number of fused-ring (bicyclic) bond motifs is 1. The first kappa shape index (κ1) is 16.5. The second kappa shape index (κ2) is 7.02. The zero-order valence-corrected chi connectivity index (χ0v) is 13.9. The molecule has 0 aromatic heterocycles. The number of hydrogen-bond donors (Lipinski definition) is 1. The van der Waals surface area contributed by atoms with Crippen LogP contribution in [0.15, 0.2) is 30.3 Å². The number of rotatable bonds is 5. The van der Waals surface area contributed by atoms with E-state index in [1.54, 1.807) is 0 Å². The second-order valence-electron chi connectivity index (χ2n) is 6.99. The number of hydrogen-bond acceptors (Lipinski definition) is 3. The topological polar surface area (TPSA) is 49.8 Å². The molecule has 0 radical (unpaired) electrons. The van der Waals surface area contributed by atoms with Crippen molar-refractivity contribution in [3.05, 3.63) is 35.9 Å². The van der Waals surface area contributed by atoms with Gasteiger partial charge in [-0.25, -0.2) is 0 Å². The molecule has 0 spiro atoms. The molecule has 0 unspecified atom stereocenters. The van der Waals surface area contributed by atoms with Gasteiger partial charge in [-0.2, -0.15) is 0 Å². The summed E-state index contributed by atoms with van der Waals surface area (Å²) in [5.74, 6) is 0.736. The molecule has 1 aromatic rings. The number of carbonyl (C=O) groups excluding carboxylic acids is 1. The van der Waals surface area contributed by atoms with Gasteiger partial charge in [-0.15, -0.1) is 0 Å². The molecule has 126 valence electrons. The first-order valence-electron chi connectivity index (χ1n) is 8.74. The molecule has 1 N–H and O–H groups in total. The van der Waals surface area contributed by atoms with Gasteiger partial charge < -0.3 is 14.7 Å². The molecule has 1 amide bonds. The fourth-order valence-electron chi connectivity index (χ4n) is 4.19. The van der Waals surface area contributed by atoms with Gasteiger partial charge >= 0.3 is 0 Å². The van der Waals surface area contributed by atoms with E-state index in [2.05, 4.69) is 6.92 Å². The van der Waals surface area contributed by atoms with E-state index in [0.717, 1.165) is 37.8 Å². The first-order chi connectivity index (χ1) is 11.1. The number of nitrogens with zero attached hydrogens (tertiary/aromatic N) is 1. The van der Waals surface area contributed by atoms with Crippen LogP contribution in [-0.2, 0) is 16.1 Å². The fraction of sp³-hybridized carbons (Fsp3) is 0.632. The minimum atomic E-state index is -0.581. The standard InChI is InChI=1S/C19H27NO3/c1-2-19(22)10-6-9-16-11-20(12-17(16)19)18(21)14-23-13-15-7-4-3-5-8-15/h3-5,7-8,16-17,22H,2,6,9-14H2,1H3/t16-,17+,19-/m0/s1. The van der Waals surface area contributed by atoms with E-state index in [4.69, 9.17) is 4.74 Å². The van der Waals surface area contributed by atoms with Crippen molar-refractivity contribution in [2.45, 2.75) is 44.8 Å². The van der Waals surface area contributed by atoms with Crippen LogP contribution in [0.4, 0.5) is 0 Å². The molecule has 1 saturated carbocycles. The van der Waals surface area contributed by atoms with E-state index in [9.17, 15) is 9.90 Å². The van der Waals surface area contributed by atoms with E-state index < -0.39 is 5.60 Å². The highest BCUT2D eigenvalue weighted by Gasteiger charge is 2.48. The van der Waals surface area contributed by atoms with Gasteiger partial charge in [0, 0.05) is 19.0 Å². The Balaban J connectivity index is 1.51. The summed E-state index contributed by atoms with van der Waals surface area (Å²) in [5.41, 5.74) is 0.499. The Kier molecular flexibility index (Phi) is 5.02. The molecule has 2 aliphatic rings. The summed E-state index contributed by atoms with van der Waals surface area (Å²) in [5, 5.41) is 10.8. The molecule has 3 rings (SSSR count). The quantitative estimate of drug-likeness (QED) is 0.908. The highest BCUT2D eigenvalue weighted by atomic mass is 16.5. The molecule has 4 nitrogen and oxygen atoms in total. The zero-order chi connectivity index (χ0) is 16.3. The second-order valence-corrected chi connectivity index (χ2v) is 6.99. The van der Waals surface area contributed by atoms with E-state index in [-0.39, 0.29) is 18.4 Å². The van der Waals surface area contributed by atoms with Crippen molar-refractivity contribution in [3.63, 3.8) is 0 Å². The van der Waals surface area contributed by atoms with Gasteiger partial charge in [-0.05, 0) is 30.7 Å². The third kappa shape index (κ3) is 3.59. The fourth-order valence-corrected chi connectivity index (χ4v) is 4.19. The summed E-state index contributed by atoms with van der Waals surface area (Å²) in [6.07, 6.45) is 3.84. The van der Waals surface area contributed by atoms with Crippen molar-refractivity contribution in [3.8, 4) is 0 Å². The molecule has 1 aromatic carbocycles. The van der Waals surface area contributed by atoms with E-state index in [1.165, 1.54) is 0 Å². The normalized spacial score (nSPS) is 30.3. The molecule has 2 fully saturated rings. The number of ether oxygens (including phenoxy) is 1. The van der Waals surface area contributed by atoms with Gasteiger partial charge in [0.05, 0.1) is 12.2 Å². The van der Waals surface area contributed by atoms with Crippen LogP contribution >= 0.6 is 0 Å². The van der Waals surface area contributed by atoms with Gasteiger partial charge in [0.25, 0.3) is 0 Å². The van der Waals surface area contributed by atoms with Crippen LogP contribution in [0.5, 0.6) is 0 Å². The maximum atomic E-state index is 12.4. The summed E-state index contributed by atoms with van der Waals surface area (Å²) in [4.78, 5) is 14.3. The van der Waals surface area contributed by atoms with Crippen molar-refractivity contribution in [2.75, 3.05) is 19.7 Å². The predicted octanol–water partition coefficient (Wildman–Crippen LogP) is 2.60. The number of carbonyl (C=O) groups is 1. The highest BCUT2D eigenvalue weighted by molar-refractivity contribution is 5.77. The molecule has 0 bridgehead atoms. The highest BCUT2D eigenvalue weighted by Crippen LogP contribution is 2.44. The van der Waals surface area contributed by atoms with Crippen LogP contribution in [0.1, 0.15) is 38.2 Å². The molecular weight excluding hydrogens is 290 g/mol. The summed E-state index contributed by atoms with van der Waals surface area (Å²) < 4.78 is 5.57. The summed E-state index contributed by atoms with van der Waals surface area (Å²) in [6, 6.07) is 9.90. The van der Waals surface area contributed by atoms with Gasteiger partial charge in [-0.3, -0.25) is 4.79 Å². The van der Waals surface area contributed by atoms with Crippen LogP contribution in [0, 0.1) is 11.8 Å². The monoisotopic (exact) mass is 317 g/mol. The van der Waals surface area contributed by atoms with Gasteiger partial charge in [0.2, 0.25) is 5.91 Å². The summed E-state index contributed by atoms with van der Waals surface area (Å²) >= 11 is 0. The third-order valence-electron chi connectivity index (χ3n) is 5.62. The van der Waals surface area contributed by atoms with Crippen molar-refractivity contribution >= 4 is 5.91 Å². The molecule has 1 heterocycles. The minimum absolute atomic E-state index is 0.0498. The van der Waals surface area contributed by atoms with Gasteiger partial charge in [-0.1, -0.05) is 43.7 Å². The largest absolute Gasteiger partial charge is 0.390 e. The van der Waals surface area contributed by atoms with E-state index in [1.807, 2.05) is 35.2 Å². The molecule has 1 aliphatic carbocycles. The average Bonchev–Trinajstić information content (AvgIpc) is 3.02. The maximum absolute atomic E-state index is 12.4. The Bertz CT molecular complexity index is 533. The summed E-state index contributed by atoms with van der Waals surface area (Å²) in [7, 11) is 0. The van der Waals surface area contributed by atoms with Crippen LogP contribution in [0.25, 0.3) is 0 Å². The summed E-state index contributed by atoms with van der Waals surface area (Å²) in [6.45, 7) is 4.10. The predicted molar refractivity (Wildman–Crippen MR) is 88.7 cm³/mol. The van der Waals surface area contributed by atoms with Crippen LogP contribution in [0.3, 0.4) is 0 Å². The molecule has 23 heavy (non-hydrogen) atoms. The Labute approximate surface area is 138 Å². The van der Waals surface area contributed by atoms with Gasteiger partial charge in [0.15, 0.2) is 0 Å². The smallest absolute Gasteiger partial charge is 0.248 e. The zero-order valence-electron chi connectivity index (χ0n) is 13.9. The lowest BCUT2D eigenvalue weighted by Crippen LogP contribution is -2.44. The van der Waals surface area contributed by atoms with Gasteiger partial charge in [0.1, 0.15) is 6.61 Å². The van der Waals surface area contributed by atoms with Crippen molar-refractivity contribution < 1.29 is 14.6 Å². The maximum Gasteiger partial charge on any atom is 0.248 e. The van der Waals surface area contributed by atoms with Crippen molar-refractivity contribution in [2.24, 2.45) is 11.8 Å². The minimum Gasteiger partial charge on any atom is -0.390 e. The third-order valence-corrected chi connectivity index (χ3v) is 5.62. The molecule has 4 heteroatoms. The average molecular weight is 317 g/mol. The first-order valence-corrected chi connectivity index (χ1v) is 8.74. The molecular formula is C19H27NO3. The number of aliphatic hydroxyl groups is 1. The Morgan fingerprint density at radius 3 is 2.87 bits per heavy atom. The van der Waals surface area contributed by atoms with Crippen molar-refractivity contribution in [1.82, 2.24) is 4.90 Å².